The van der Waals surface area contributed by atoms with Crippen LogP contribution in [0.5, 0.6) is 5.75 Å². The third-order valence-electron chi connectivity index (χ3n) is 3.68. The quantitative estimate of drug-likeness (QED) is 0.891. The van der Waals surface area contributed by atoms with E-state index in [2.05, 4.69) is 0 Å². The monoisotopic (exact) mass is 286 g/mol. The molecule has 0 aliphatic heterocycles. The SMILES string of the molecule is O=C(O)C1CCC(O)(COc2cccc(F)c2F)CC1. The first kappa shape index (κ1) is 14.7. The first-order valence-electron chi connectivity index (χ1n) is 6.43. The molecular formula is C14H16F2O4. The lowest BCUT2D eigenvalue weighted by Gasteiger charge is -2.34. The van der Waals surface area contributed by atoms with Crippen LogP contribution in [0.15, 0.2) is 18.2 Å². The van der Waals surface area contributed by atoms with E-state index in [1.807, 2.05) is 0 Å². The lowest BCUT2D eigenvalue weighted by molar-refractivity contribution is -0.145. The molecule has 110 valence electrons. The Hall–Kier alpha value is -1.69. The van der Waals surface area contributed by atoms with E-state index in [-0.39, 0.29) is 25.2 Å². The van der Waals surface area contributed by atoms with E-state index in [1.54, 1.807) is 0 Å². The molecule has 0 unspecified atom stereocenters. The van der Waals surface area contributed by atoms with Crippen LogP contribution in [0.25, 0.3) is 0 Å². The summed E-state index contributed by atoms with van der Waals surface area (Å²) in [5.41, 5.74) is -1.19. The Labute approximate surface area is 115 Å². The molecule has 0 heterocycles. The van der Waals surface area contributed by atoms with E-state index in [0.717, 1.165) is 6.07 Å². The molecule has 1 aromatic rings. The molecular weight excluding hydrogens is 270 g/mol. The van der Waals surface area contributed by atoms with E-state index in [9.17, 15) is 18.7 Å². The second-order valence-electron chi connectivity index (χ2n) is 5.18. The van der Waals surface area contributed by atoms with Crippen molar-refractivity contribution in [3.8, 4) is 5.75 Å². The zero-order valence-corrected chi connectivity index (χ0v) is 10.8. The number of aliphatic hydroxyl groups is 1. The Morgan fingerprint density at radius 3 is 2.60 bits per heavy atom. The average Bonchev–Trinajstić information content (AvgIpc) is 2.41. The fraction of sp³-hybridized carbons (Fsp3) is 0.500. The topological polar surface area (TPSA) is 66.8 Å². The summed E-state index contributed by atoms with van der Waals surface area (Å²) < 4.78 is 31.5. The van der Waals surface area contributed by atoms with Crippen molar-refractivity contribution >= 4 is 5.97 Å². The van der Waals surface area contributed by atoms with Crippen LogP contribution in [0.4, 0.5) is 8.78 Å². The summed E-state index contributed by atoms with van der Waals surface area (Å²) in [6, 6.07) is 3.58. The Morgan fingerprint density at radius 1 is 1.35 bits per heavy atom. The Bertz CT molecular complexity index is 496. The predicted molar refractivity (Wildman–Crippen MR) is 66.4 cm³/mol. The third kappa shape index (κ3) is 3.25. The Kier molecular flexibility index (Phi) is 4.23. The van der Waals surface area contributed by atoms with E-state index < -0.39 is 29.1 Å². The predicted octanol–water partition coefficient (Wildman–Crippen LogP) is 2.35. The molecule has 1 saturated carbocycles. The van der Waals surface area contributed by atoms with Crippen LogP contribution in [0.1, 0.15) is 25.7 Å². The minimum absolute atomic E-state index is 0.181. The minimum atomic E-state index is -1.19. The largest absolute Gasteiger partial charge is 0.487 e. The summed E-state index contributed by atoms with van der Waals surface area (Å²) in [4.78, 5) is 10.8. The Morgan fingerprint density at radius 2 is 2.00 bits per heavy atom. The van der Waals surface area contributed by atoms with Crippen molar-refractivity contribution in [1.82, 2.24) is 0 Å². The van der Waals surface area contributed by atoms with E-state index in [1.165, 1.54) is 12.1 Å². The molecule has 1 aliphatic rings. The van der Waals surface area contributed by atoms with E-state index >= 15 is 0 Å². The molecule has 6 heteroatoms. The standard InChI is InChI=1S/C14H16F2O4/c15-10-2-1-3-11(12(10)16)20-8-14(19)6-4-9(5-7-14)13(17)18/h1-3,9,19H,4-8H2,(H,17,18). The minimum Gasteiger partial charge on any atom is -0.487 e. The molecule has 0 atom stereocenters. The normalized spacial score (nSPS) is 26.2. The van der Waals surface area contributed by atoms with Gasteiger partial charge < -0.3 is 14.9 Å². The molecule has 0 amide bonds. The van der Waals surface area contributed by atoms with Gasteiger partial charge in [0, 0.05) is 0 Å². The number of rotatable bonds is 4. The maximum absolute atomic E-state index is 13.4. The molecule has 20 heavy (non-hydrogen) atoms. The molecule has 2 rings (SSSR count). The fourth-order valence-electron chi connectivity index (χ4n) is 2.35. The number of hydrogen-bond donors (Lipinski definition) is 2. The first-order valence-corrected chi connectivity index (χ1v) is 6.43. The van der Waals surface area contributed by atoms with Crippen LogP contribution in [0, 0.1) is 17.6 Å². The molecule has 0 aromatic heterocycles. The fourth-order valence-corrected chi connectivity index (χ4v) is 2.35. The van der Waals surface area contributed by atoms with Crippen LogP contribution in [-0.4, -0.2) is 28.4 Å². The summed E-state index contributed by atoms with van der Waals surface area (Å²) in [5.74, 6) is -3.68. The first-order chi connectivity index (χ1) is 9.41. The number of carboxylic acids is 1. The third-order valence-corrected chi connectivity index (χ3v) is 3.68. The molecule has 0 radical (unpaired) electrons. The van der Waals surface area contributed by atoms with Gasteiger partial charge >= 0.3 is 5.97 Å². The van der Waals surface area contributed by atoms with Gasteiger partial charge in [0.15, 0.2) is 11.6 Å². The molecule has 1 fully saturated rings. The maximum Gasteiger partial charge on any atom is 0.306 e. The van der Waals surface area contributed by atoms with E-state index in [0.29, 0.717) is 12.8 Å². The molecule has 4 nitrogen and oxygen atoms in total. The van der Waals surface area contributed by atoms with Crippen molar-refractivity contribution in [2.75, 3.05) is 6.61 Å². The van der Waals surface area contributed by atoms with Crippen molar-refractivity contribution in [3.05, 3.63) is 29.8 Å². The van der Waals surface area contributed by atoms with Gasteiger partial charge in [0.1, 0.15) is 6.61 Å². The molecule has 1 aliphatic carbocycles. The molecule has 1 aromatic carbocycles. The van der Waals surface area contributed by atoms with Crippen molar-refractivity contribution in [3.63, 3.8) is 0 Å². The number of halogens is 2. The lowest BCUT2D eigenvalue weighted by atomic mass is 9.79. The van der Waals surface area contributed by atoms with Crippen LogP contribution in [0.3, 0.4) is 0 Å². The van der Waals surface area contributed by atoms with Gasteiger partial charge in [-0.05, 0) is 37.8 Å². The average molecular weight is 286 g/mol. The van der Waals surface area contributed by atoms with Gasteiger partial charge in [0.25, 0.3) is 0 Å². The van der Waals surface area contributed by atoms with Crippen LogP contribution in [-0.2, 0) is 4.79 Å². The van der Waals surface area contributed by atoms with Gasteiger partial charge in [-0.2, -0.15) is 4.39 Å². The van der Waals surface area contributed by atoms with E-state index in [4.69, 9.17) is 9.84 Å². The van der Waals surface area contributed by atoms with Crippen LogP contribution >= 0.6 is 0 Å². The van der Waals surface area contributed by atoms with Gasteiger partial charge in [-0.25, -0.2) is 4.39 Å². The molecule has 0 spiro atoms. The van der Waals surface area contributed by atoms with Gasteiger partial charge in [-0.15, -0.1) is 0 Å². The smallest absolute Gasteiger partial charge is 0.306 e. The summed E-state index contributed by atoms with van der Waals surface area (Å²) in [7, 11) is 0. The van der Waals surface area contributed by atoms with Crippen molar-refractivity contribution < 1.29 is 28.5 Å². The number of carboxylic acid groups (broad SMARTS) is 1. The number of benzene rings is 1. The van der Waals surface area contributed by atoms with Gasteiger partial charge in [0.05, 0.1) is 11.5 Å². The maximum atomic E-state index is 13.4. The number of hydrogen-bond acceptors (Lipinski definition) is 3. The van der Waals surface area contributed by atoms with Gasteiger partial charge in [-0.1, -0.05) is 6.07 Å². The molecule has 2 N–H and O–H groups in total. The van der Waals surface area contributed by atoms with Crippen molar-refractivity contribution in [2.45, 2.75) is 31.3 Å². The summed E-state index contributed by atoms with van der Waals surface area (Å²) >= 11 is 0. The number of carbonyl (C=O) groups is 1. The van der Waals surface area contributed by atoms with Gasteiger partial charge in [0.2, 0.25) is 5.82 Å². The highest BCUT2D eigenvalue weighted by atomic mass is 19.2. The number of ether oxygens (including phenoxy) is 1. The highest BCUT2D eigenvalue weighted by Crippen LogP contribution is 2.33. The lowest BCUT2D eigenvalue weighted by Crippen LogP contribution is -2.41. The zero-order chi connectivity index (χ0) is 14.8. The van der Waals surface area contributed by atoms with Gasteiger partial charge in [-0.3, -0.25) is 4.79 Å². The molecule has 0 saturated heterocycles. The Balaban J connectivity index is 1.94. The summed E-state index contributed by atoms with van der Waals surface area (Å²) in [5, 5.41) is 19.1. The highest BCUT2D eigenvalue weighted by Gasteiger charge is 2.36. The molecule has 0 bridgehead atoms. The second-order valence-corrected chi connectivity index (χ2v) is 5.18. The zero-order valence-electron chi connectivity index (χ0n) is 10.8. The van der Waals surface area contributed by atoms with Crippen molar-refractivity contribution in [1.29, 1.82) is 0 Å². The van der Waals surface area contributed by atoms with Crippen molar-refractivity contribution in [2.24, 2.45) is 5.92 Å². The number of aliphatic carboxylic acids is 1. The highest BCUT2D eigenvalue weighted by molar-refractivity contribution is 5.70. The van der Waals surface area contributed by atoms with Crippen LogP contribution in [0.2, 0.25) is 0 Å². The summed E-state index contributed by atoms with van der Waals surface area (Å²) in [6.07, 6.45) is 1.23. The summed E-state index contributed by atoms with van der Waals surface area (Å²) in [6.45, 7) is -0.181. The van der Waals surface area contributed by atoms with Crippen LogP contribution < -0.4 is 4.74 Å². The second kappa shape index (κ2) is 5.75.